The van der Waals surface area contributed by atoms with Gasteiger partial charge in [-0.1, -0.05) is 50.3 Å². The van der Waals surface area contributed by atoms with Gasteiger partial charge in [0.1, 0.15) is 0 Å². The van der Waals surface area contributed by atoms with E-state index in [9.17, 15) is 4.79 Å². The number of rotatable bonds is 5. The highest BCUT2D eigenvalue weighted by Gasteiger charge is 2.02. The van der Waals surface area contributed by atoms with Crippen LogP contribution in [0.4, 0.5) is 0 Å². The zero-order chi connectivity index (χ0) is 12.0. The van der Waals surface area contributed by atoms with Gasteiger partial charge in [0, 0.05) is 6.42 Å². The molecule has 0 aliphatic rings. The monoisotopic (exact) mass is 218 g/mol. The first kappa shape index (κ1) is 12.5. The second-order valence-corrected chi connectivity index (χ2v) is 4.12. The zero-order valence-corrected chi connectivity index (χ0v) is 9.81. The summed E-state index contributed by atoms with van der Waals surface area (Å²) in [6.07, 6.45) is 4.72. The third kappa shape index (κ3) is 3.89. The van der Waals surface area contributed by atoms with Crippen molar-refractivity contribution in [2.24, 2.45) is 0 Å². The predicted molar refractivity (Wildman–Crippen MR) is 66.4 cm³/mol. The molecule has 0 aromatic heterocycles. The molecule has 0 amide bonds. The Morgan fingerprint density at radius 2 is 2.06 bits per heavy atom. The topological polar surface area (TPSA) is 37.3 Å². The summed E-state index contributed by atoms with van der Waals surface area (Å²) in [4.78, 5) is 10.4. The first-order valence-electron chi connectivity index (χ1n) is 5.58. The van der Waals surface area contributed by atoms with Crippen molar-refractivity contribution in [1.29, 1.82) is 0 Å². The number of aliphatic carboxylic acids is 1. The first-order valence-corrected chi connectivity index (χ1v) is 5.58. The molecule has 1 rings (SSSR count). The van der Waals surface area contributed by atoms with Crippen molar-refractivity contribution < 1.29 is 9.90 Å². The molecule has 2 nitrogen and oxygen atoms in total. The fourth-order valence-electron chi connectivity index (χ4n) is 1.61. The van der Waals surface area contributed by atoms with E-state index in [1.54, 1.807) is 0 Å². The molecule has 0 unspecified atom stereocenters. The fraction of sp³-hybridized carbons (Fsp3) is 0.357. The summed E-state index contributed by atoms with van der Waals surface area (Å²) in [5.74, 6) is -0.262. The Hall–Kier alpha value is -1.57. The highest BCUT2D eigenvalue weighted by molar-refractivity contribution is 5.67. The van der Waals surface area contributed by atoms with Crippen LogP contribution >= 0.6 is 0 Å². The molecule has 1 N–H and O–H groups in total. The average Bonchev–Trinajstić information content (AvgIpc) is 2.24. The Kier molecular flexibility index (Phi) is 4.77. The van der Waals surface area contributed by atoms with Crippen LogP contribution in [0.5, 0.6) is 0 Å². The maximum atomic E-state index is 10.4. The highest BCUT2D eigenvalue weighted by atomic mass is 16.4. The van der Waals surface area contributed by atoms with E-state index in [0.29, 0.717) is 12.3 Å². The van der Waals surface area contributed by atoms with Gasteiger partial charge in [-0.25, -0.2) is 0 Å². The van der Waals surface area contributed by atoms with Gasteiger partial charge in [0.15, 0.2) is 0 Å². The van der Waals surface area contributed by atoms with Crippen molar-refractivity contribution in [3.05, 3.63) is 41.5 Å². The van der Waals surface area contributed by atoms with Crippen LogP contribution < -0.4 is 0 Å². The van der Waals surface area contributed by atoms with Crippen molar-refractivity contribution in [1.82, 2.24) is 0 Å². The highest BCUT2D eigenvalue weighted by Crippen LogP contribution is 2.20. The number of hydrogen-bond acceptors (Lipinski definition) is 1. The van der Waals surface area contributed by atoms with Crippen molar-refractivity contribution >= 4 is 12.0 Å². The van der Waals surface area contributed by atoms with Crippen LogP contribution in [-0.2, 0) is 4.79 Å². The molecule has 1 aromatic rings. The number of hydrogen-bond donors (Lipinski definition) is 1. The van der Waals surface area contributed by atoms with E-state index in [0.717, 1.165) is 0 Å². The summed E-state index contributed by atoms with van der Waals surface area (Å²) in [5.41, 5.74) is 2.48. The lowest BCUT2D eigenvalue weighted by Crippen LogP contribution is -1.92. The molecular formula is C14H18O2. The van der Waals surface area contributed by atoms with Gasteiger partial charge in [-0.2, -0.15) is 0 Å². The molecule has 0 fully saturated rings. The number of benzene rings is 1. The predicted octanol–water partition coefficient (Wildman–Crippen LogP) is 3.69. The molecule has 0 aliphatic carbocycles. The van der Waals surface area contributed by atoms with Gasteiger partial charge in [0.05, 0.1) is 0 Å². The normalized spacial score (nSPS) is 11.2. The van der Waals surface area contributed by atoms with Crippen LogP contribution in [0.3, 0.4) is 0 Å². The van der Waals surface area contributed by atoms with Gasteiger partial charge in [0.2, 0.25) is 0 Å². The Labute approximate surface area is 96.6 Å². The number of allylic oxidation sites excluding steroid dienone is 1. The zero-order valence-electron chi connectivity index (χ0n) is 9.81. The third-order valence-electron chi connectivity index (χ3n) is 2.44. The lowest BCUT2D eigenvalue weighted by molar-refractivity contribution is -0.136. The van der Waals surface area contributed by atoms with Crippen molar-refractivity contribution in [2.45, 2.75) is 32.6 Å². The lowest BCUT2D eigenvalue weighted by Gasteiger charge is -2.08. The van der Waals surface area contributed by atoms with Crippen molar-refractivity contribution in [2.75, 3.05) is 0 Å². The van der Waals surface area contributed by atoms with E-state index in [-0.39, 0.29) is 6.42 Å². The first-order chi connectivity index (χ1) is 7.61. The van der Waals surface area contributed by atoms with Gasteiger partial charge in [-0.3, -0.25) is 4.79 Å². The molecule has 0 saturated heterocycles. The van der Waals surface area contributed by atoms with E-state index in [2.05, 4.69) is 26.0 Å². The summed E-state index contributed by atoms with van der Waals surface area (Å²) in [7, 11) is 0. The molecule has 0 heterocycles. The Morgan fingerprint density at radius 3 is 2.69 bits per heavy atom. The smallest absolute Gasteiger partial charge is 0.303 e. The molecule has 2 heteroatoms. The summed E-state index contributed by atoms with van der Waals surface area (Å²) in [6, 6.07) is 8.21. The van der Waals surface area contributed by atoms with Gasteiger partial charge >= 0.3 is 5.97 Å². The van der Waals surface area contributed by atoms with Crippen LogP contribution in [0.25, 0.3) is 6.08 Å². The maximum absolute atomic E-state index is 10.4. The average molecular weight is 218 g/mol. The lowest BCUT2D eigenvalue weighted by atomic mass is 9.97. The quantitative estimate of drug-likeness (QED) is 0.818. The summed E-state index contributed by atoms with van der Waals surface area (Å²) in [5, 5.41) is 8.52. The molecule has 1 aromatic carbocycles. The van der Waals surface area contributed by atoms with Crippen LogP contribution in [0.2, 0.25) is 0 Å². The van der Waals surface area contributed by atoms with Crippen LogP contribution in [0.15, 0.2) is 30.3 Å². The van der Waals surface area contributed by atoms with Crippen LogP contribution in [0, 0.1) is 0 Å². The minimum Gasteiger partial charge on any atom is -0.481 e. The number of carboxylic acid groups (broad SMARTS) is 1. The molecule has 86 valence electrons. The van der Waals surface area contributed by atoms with Crippen LogP contribution in [0.1, 0.15) is 43.7 Å². The summed E-state index contributed by atoms with van der Waals surface area (Å²) < 4.78 is 0. The summed E-state index contributed by atoms with van der Waals surface area (Å²) in [6.45, 7) is 4.31. The van der Waals surface area contributed by atoms with E-state index < -0.39 is 5.97 Å². The SMILES string of the molecule is CC(C)c1ccccc1C=CCCC(=O)O. The standard InChI is InChI=1S/C14H18O2/c1-11(2)13-9-5-3-7-12(13)8-4-6-10-14(15)16/h3-5,7-9,11H,6,10H2,1-2H3,(H,15,16). The summed E-state index contributed by atoms with van der Waals surface area (Å²) >= 11 is 0. The minimum absolute atomic E-state index is 0.195. The van der Waals surface area contributed by atoms with Crippen molar-refractivity contribution in [3.63, 3.8) is 0 Å². The van der Waals surface area contributed by atoms with Gasteiger partial charge in [-0.05, 0) is 23.5 Å². The van der Waals surface area contributed by atoms with E-state index in [1.165, 1.54) is 11.1 Å². The fourth-order valence-corrected chi connectivity index (χ4v) is 1.61. The van der Waals surface area contributed by atoms with E-state index >= 15 is 0 Å². The Bertz CT molecular complexity index is 378. The molecule has 0 atom stereocenters. The largest absolute Gasteiger partial charge is 0.481 e. The van der Waals surface area contributed by atoms with E-state index in [4.69, 9.17) is 5.11 Å². The van der Waals surface area contributed by atoms with Gasteiger partial charge < -0.3 is 5.11 Å². The molecule has 0 bridgehead atoms. The second kappa shape index (κ2) is 6.11. The second-order valence-electron chi connectivity index (χ2n) is 4.12. The Morgan fingerprint density at radius 1 is 1.38 bits per heavy atom. The van der Waals surface area contributed by atoms with E-state index in [1.807, 2.05) is 24.3 Å². The molecule has 16 heavy (non-hydrogen) atoms. The van der Waals surface area contributed by atoms with Gasteiger partial charge in [0.25, 0.3) is 0 Å². The molecule has 0 aliphatic heterocycles. The maximum Gasteiger partial charge on any atom is 0.303 e. The molecule has 0 saturated carbocycles. The molecule has 0 spiro atoms. The molecular weight excluding hydrogens is 200 g/mol. The van der Waals surface area contributed by atoms with Crippen molar-refractivity contribution in [3.8, 4) is 0 Å². The van der Waals surface area contributed by atoms with Crippen LogP contribution in [-0.4, -0.2) is 11.1 Å². The van der Waals surface area contributed by atoms with Gasteiger partial charge in [-0.15, -0.1) is 0 Å². The number of carboxylic acids is 1. The number of carbonyl (C=O) groups is 1. The minimum atomic E-state index is -0.748. The third-order valence-corrected chi connectivity index (χ3v) is 2.44. The Balaban J connectivity index is 2.69. The molecule has 0 radical (unpaired) electrons.